The molecule has 0 aromatic heterocycles. The maximum Gasteiger partial charge on any atom is 0.340 e. The van der Waals surface area contributed by atoms with E-state index >= 15 is 0 Å². The van der Waals surface area contributed by atoms with E-state index < -0.39 is 7.60 Å². The summed E-state index contributed by atoms with van der Waals surface area (Å²) in [6.45, 7) is 7.99. The highest BCUT2D eigenvalue weighted by atomic mass is 31.2. The smallest absolute Gasteiger partial charge is 0.333 e. The predicted octanol–water partition coefficient (Wildman–Crippen LogP) is 5.26. The van der Waals surface area contributed by atoms with E-state index in [1.54, 1.807) is 32.6 Å². The van der Waals surface area contributed by atoms with Gasteiger partial charge in [0, 0.05) is 13.1 Å². The summed E-state index contributed by atoms with van der Waals surface area (Å²) in [5, 5.41) is 0. The predicted molar refractivity (Wildman–Crippen MR) is 112 cm³/mol. The van der Waals surface area contributed by atoms with Crippen LogP contribution < -0.4 is 0 Å². The fourth-order valence-corrected chi connectivity index (χ4v) is 4.86. The Bertz CT molecular complexity index is 722. The number of benzene rings is 2. The van der Waals surface area contributed by atoms with Crippen LogP contribution in [-0.2, 0) is 31.5 Å². The summed E-state index contributed by atoms with van der Waals surface area (Å²) in [6.07, 6.45) is -0.869. The molecule has 0 N–H and O–H groups in total. The highest BCUT2D eigenvalue weighted by Crippen LogP contribution is 2.50. The van der Waals surface area contributed by atoms with Gasteiger partial charge in [-0.25, -0.2) is 0 Å². The van der Waals surface area contributed by atoms with E-state index in [0.29, 0.717) is 13.1 Å². The van der Waals surface area contributed by atoms with Crippen LogP contribution in [0.4, 0.5) is 0 Å². The summed E-state index contributed by atoms with van der Waals surface area (Å²) in [6, 6.07) is 19.5. The fraction of sp³-hybridized carbons (Fsp3) is 0.409. The van der Waals surface area contributed by atoms with Crippen molar-refractivity contribution in [3.8, 4) is 0 Å². The summed E-state index contributed by atoms with van der Waals surface area (Å²) >= 11 is 0. The van der Waals surface area contributed by atoms with E-state index in [9.17, 15) is 9.36 Å². The molecule has 0 saturated heterocycles. The van der Waals surface area contributed by atoms with Gasteiger partial charge in [-0.15, -0.1) is 0 Å². The van der Waals surface area contributed by atoms with Gasteiger partial charge in [0.1, 0.15) is 6.16 Å². The minimum Gasteiger partial charge on any atom is -0.333 e. The van der Waals surface area contributed by atoms with Gasteiger partial charge in [0.25, 0.3) is 0 Å². The second-order valence-electron chi connectivity index (χ2n) is 7.30. The number of amides is 1. The van der Waals surface area contributed by atoms with Crippen molar-refractivity contribution in [2.75, 3.05) is 6.16 Å². The maximum atomic E-state index is 13.2. The molecule has 0 fully saturated rings. The van der Waals surface area contributed by atoms with Crippen molar-refractivity contribution in [1.29, 1.82) is 0 Å². The van der Waals surface area contributed by atoms with Crippen LogP contribution in [0.25, 0.3) is 0 Å². The molecule has 0 saturated carbocycles. The van der Waals surface area contributed by atoms with Crippen LogP contribution in [0.2, 0.25) is 0 Å². The molecule has 0 aliphatic carbocycles. The first-order chi connectivity index (χ1) is 13.3. The first-order valence-electron chi connectivity index (χ1n) is 9.59. The lowest BCUT2D eigenvalue weighted by Gasteiger charge is -2.27. The van der Waals surface area contributed by atoms with Crippen LogP contribution >= 0.6 is 7.60 Å². The van der Waals surface area contributed by atoms with Gasteiger partial charge in [0.2, 0.25) is 5.91 Å². The molecular formula is C22H30NO4P. The van der Waals surface area contributed by atoms with Gasteiger partial charge in [-0.3, -0.25) is 9.36 Å². The Morgan fingerprint density at radius 1 is 0.821 bits per heavy atom. The van der Waals surface area contributed by atoms with Crippen LogP contribution in [0.5, 0.6) is 0 Å². The molecule has 0 radical (unpaired) electrons. The third kappa shape index (κ3) is 7.59. The molecule has 0 heterocycles. The summed E-state index contributed by atoms with van der Waals surface area (Å²) in [7, 11) is -3.54. The molecule has 28 heavy (non-hydrogen) atoms. The minimum atomic E-state index is -3.54. The molecule has 2 aromatic carbocycles. The third-order valence-corrected chi connectivity index (χ3v) is 6.00. The number of carbonyl (C=O) groups excluding carboxylic acids is 1. The zero-order valence-corrected chi connectivity index (χ0v) is 18.0. The summed E-state index contributed by atoms with van der Waals surface area (Å²) in [5.74, 6) is -0.252. The molecule has 5 nitrogen and oxygen atoms in total. The minimum absolute atomic E-state index is 0.252. The second-order valence-corrected chi connectivity index (χ2v) is 9.26. The highest BCUT2D eigenvalue weighted by Gasteiger charge is 2.33. The standard InChI is InChI=1S/C22H30NO4P/c1-18(2)26-28(25,27-19(3)4)17-22(24)23(15-20-11-7-5-8-12-20)16-21-13-9-6-10-14-21/h5-14,18-19H,15-17H2,1-4H3. The Labute approximate surface area is 168 Å². The Kier molecular flexibility index (Phi) is 8.43. The summed E-state index contributed by atoms with van der Waals surface area (Å²) in [4.78, 5) is 14.8. The fourth-order valence-electron chi connectivity index (χ4n) is 2.85. The van der Waals surface area contributed by atoms with Gasteiger partial charge >= 0.3 is 7.60 Å². The molecule has 2 aromatic rings. The number of carbonyl (C=O) groups is 1. The first kappa shape index (κ1) is 22.4. The van der Waals surface area contributed by atoms with Crippen molar-refractivity contribution >= 4 is 13.5 Å². The first-order valence-corrected chi connectivity index (χ1v) is 11.3. The van der Waals surface area contributed by atoms with Gasteiger partial charge < -0.3 is 13.9 Å². The van der Waals surface area contributed by atoms with Crippen LogP contribution in [0.3, 0.4) is 0 Å². The van der Waals surface area contributed by atoms with Crippen molar-refractivity contribution in [3.63, 3.8) is 0 Å². The van der Waals surface area contributed by atoms with E-state index in [4.69, 9.17) is 9.05 Å². The number of rotatable bonds is 10. The van der Waals surface area contributed by atoms with Gasteiger partial charge in [-0.1, -0.05) is 60.7 Å². The van der Waals surface area contributed by atoms with E-state index in [-0.39, 0.29) is 24.3 Å². The lowest BCUT2D eigenvalue weighted by atomic mass is 10.1. The summed E-state index contributed by atoms with van der Waals surface area (Å²) < 4.78 is 24.3. The van der Waals surface area contributed by atoms with Crippen LogP contribution in [-0.4, -0.2) is 29.2 Å². The average molecular weight is 403 g/mol. The van der Waals surface area contributed by atoms with Crippen molar-refractivity contribution in [3.05, 3.63) is 71.8 Å². The lowest BCUT2D eigenvalue weighted by molar-refractivity contribution is -0.130. The topological polar surface area (TPSA) is 55.8 Å². The Hall–Kier alpha value is -1.94. The SMILES string of the molecule is CC(C)OP(=O)(CC(=O)N(Cc1ccccc1)Cc1ccccc1)OC(C)C. The third-order valence-electron chi connectivity index (χ3n) is 3.86. The maximum absolute atomic E-state index is 13.2. The van der Waals surface area contributed by atoms with E-state index in [0.717, 1.165) is 11.1 Å². The van der Waals surface area contributed by atoms with Gasteiger partial charge in [0.05, 0.1) is 12.2 Å². The van der Waals surface area contributed by atoms with Crippen molar-refractivity contribution in [2.45, 2.75) is 53.0 Å². The zero-order valence-electron chi connectivity index (χ0n) is 17.1. The molecule has 6 heteroatoms. The summed E-state index contributed by atoms with van der Waals surface area (Å²) in [5.41, 5.74) is 2.02. The zero-order chi connectivity index (χ0) is 20.6. The Morgan fingerprint density at radius 3 is 1.57 bits per heavy atom. The molecule has 0 atom stereocenters. The quantitative estimate of drug-likeness (QED) is 0.508. The Balaban J connectivity index is 2.22. The molecular weight excluding hydrogens is 373 g/mol. The molecule has 0 unspecified atom stereocenters. The number of hydrogen-bond acceptors (Lipinski definition) is 4. The van der Waals surface area contributed by atoms with Gasteiger partial charge in [-0.05, 0) is 38.8 Å². The van der Waals surface area contributed by atoms with E-state index in [1.165, 1.54) is 0 Å². The average Bonchev–Trinajstić information content (AvgIpc) is 2.61. The van der Waals surface area contributed by atoms with Crippen LogP contribution in [0.1, 0.15) is 38.8 Å². The van der Waals surface area contributed by atoms with E-state index in [2.05, 4.69) is 0 Å². The molecule has 0 aliphatic rings. The van der Waals surface area contributed by atoms with Crippen molar-refractivity contribution < 1.29 is 18.4 Å². The van der Waals surface area contributed by atoms with E-state index in [1.807, 2.05) is 60.7 Å². The second kappa shape index (κ2) is 10.6. The number of hydrogen-bond donors (Lipinski definition) is 0. The molecule has 152 valence electrons. The van der Waals surface area contributed by atoms with Crippen LogP contribution in [0, 0.1) is 0 Å². The largest absolute Gasteiger partial charge is 0.340 e. The molecule has 0 spiro atoms. The highest BCUT2D eigenvalue weighted by molar-refractivity contribution is 7.54. The van der Waals surface area contributed by atoms with Crippen molar-refractivity contribution in [1.82, 2.24) is 4.90 Å². The lowest BCUT2D eigenvalue weighted by Crippen LogP contribution is -2.33. The van der Waals surface area contributed by atoms with Crippen LogP contribution in [0.15, 0.2) is 60.7 Å². The molecule has 2 rings (SSSR count). The Morgan fingerprint density at radius 2 is 1.21 bits per heavy atom. The van der Waals surface area contributed by atoms with Gasteiger partial charge in [-0.2, -0.15) is 0 Å². The normalized spacial score (nSPS) is 11.8. The monoisotopic (exact) mass is 403 g/mol. The molecule has 1 amide bonds. The molecule has 0 aliphatic heterocycles. The number of nitrogens with zero attached hydrogens (tertiary/aromatic N) is 1. The molecule has 0 bridgehead atoms. The van der Waals surface area contributed by atoms with Crippen molar-refractivity contribution in [2.24, 2.45) is 0 Å². The van der Waals surface area contributed by atoms with Gasteiger partial charge in [0.15, 0.2) is 0 Å².